The summed E-state index contributed by atoms with van der Waals surface area (Å²) in [5, 5.41) is 6.12. The summed E-state index contributed by atoms with van der Waals surface area (Å²) in [5.74, 6) is 0.223. The van der Waals surface area contributed by atoms with E-state index in [9.17, 15) is 4.79 Å². The van der Waals surface area contributed by atoms with Gasteiger partial charge < -0.3 is 15.4 Å². The minimum Gasteiger partial charge on any atom is -0.376 e. The molecule has 1 amide bonds. The van der Waals surface area contributed by atoms with Gasteiger partial charge in [-0.1, -0.05) is 12.1 Å². The van der Waals surface area contributed by atoms with E-state index in [0.717, 1.165) is 42.0 Å². The molecule has 0 saturated carbocycles. The van der Waals surface area contributed by atoms with Gasteiger partial charge in [0.25, 0.3) is 5.91 Å². The molecule has 1 aliphatic heterocycles. The van der Waals surface area contributed by atoms with Gasteiger partial charge in [-0.15, -0.1) is 0 Å². The number of benzene rings is 1. The van der Waals surface area contributed by atoms with Crippen molar-refractivity contribution in [2.24, 2.45) is 0 Å². The maximum atomic E-state index is 12.4. The second-order valence-electron chi connectivity index (χ2n) is 6.51. The molecule has 0 aliphatic carbocycles. The van der Waals surface area contributed by atoms with Crippen molar-refractivity contribution >= 4 is 17.5 Å². The Balaban J connectivity index is 1.73. The number of aryl methyl sites for hydroxylation is 3. The molecular weight excluding hydrogens is 316 g/mol. The van der Waals surface area contributed by atoms with Crippen LogP contribution in [-0.2, 0) is 4.74 Å². The van der Waals surface area contributed by atoms with E-state index in [-0.39, 0.29) is 12.0 Å². The SMILES string of the molecule is Cc1ccc(C)c(Nc2nc(C)cc(C(=O)NCC3CCCO3)n2)c1. The van der Waals surface area contributed by atoms with E-state index in [4.69, 9.17) is 4.74 Å². The number of amides is 1. The molecule has 1 atom stereocenters. The van der Waals surface area contributed by atoms with E-state index in [1.807, 2.05) is 32.9 Å². The fraction of sp³-hybridized carbons (Fsp3) is 0.421. The molecule has 6 heteroatoms. The van der Waals surface area contributed by atoms with Crippen LogP contribution in [0.3, 0.4) is 0 Å². The Morgan fingerprint density at radius 2 is 2.08 bits per heavy atom. The summed E-state index contributed by atoms with van der Waals surface area (Å²) < 4.78 is 5.53. The van der Waals surface area contributed by atoms with Crippen molar-refractivity contribution in [2.75, 3.05) is 18.5 Å². The highest BCUT2D eigenvalue weighted by molar-refractivity contribution is 5.92. The summed E-state index contributed by atoms with van der Waals surface area (Å²) in [4.78, 5) is 21.2. The van der Waals surface area contributed by atoms with E-state index in [0.29, 0.717) is 18.2 Å². The summed E-state index contributed by atoms with van der Waals surface area (Å²) in [6, 6.07) is 7.83. The molecule has 1 fully saturated rings. The maximum absolute atomic E-state index is 12.4. The van der Waals surface area contributed by atoms with Crippen molar-refractivity contribution in [2.45, 2.75) is 39.7 Å². The molecule has 25 heavy (non-hydrogen) atoms. The number of carbonyl (C=O) groups is 1. The third-order valence-electron chi connectivity index (χ3n) is 4.24. The van der Waals surface area contributed by atoms with Crippen molar-refractivity contribution in [3.8, 4) is 0 Å². The molecule has 0 radical (unpaired) electrons. The maximum Gasteiger partial charge on any atom is 0.270 e. The zero-order valence-corrected chi connectivity index (χ0v) is 14.9. The number of anilines is 2. The van der Waals surface area contributed by atoms with E-state index in [1.54, 1.807) is 6.07 Å². The molecule has 0 bridgehead atoms. The second-order valence-corrected chi connectivity index (χ2v) is 6.51. The average molecular weight is 340 g/mol. The first-order valence-electron chi connectivity index (χ1n) is 8.61. The molecule has 1 aliphatic rings. The lowest BCUT2D eigenvalue weighted by molar-refractivity contribution is 0.0853. The standard InChI is InChI=1S/C19H24N4O2/c1-12-6-7-13(2)16(9-12)22-19-21-14(3)10-17(23-19)18(24)20-11-15-5-4-8-25-15/h6-7,9-10,15H,4-5,8,11H2,1-3H3,(H,20,24)(H,21,22,23). The largest absolute Gasteiger partial charge is 0.376 e. The number of rotatable bonds is 5. The van der Waals surface area contributed by atoms with Gasteiger partial charge in [-0.3, -0.25) is 4.79 Å². The van der Waals surface area contributed by atoms with Crippen LogP contribution in [0.15, 0.2) is 24.3 Å². The van der Waals surface area contributed by atoms with Crippen molar-refractivity contribution in [3.05, 3.63) is 46.8 Å². The van der Waals surface area contributed by atoms with Gasteiger partial charge in [0.05, 0.1) is 6.10 Å². The number of ether oxygens (including phenoxy) is 1. The summed E-state index contributed by atoms with van der Waals surface area (Å²) in [6.07, 6.45) is 2.15. The first kappa shape index (κ1) is 17.4. The van der Waals surface area contributed by atoms with Crippen LogP contribution in [0, 0.1) is 20.8 Å². The molecule has 1 aromatic carbocycles. The Kier molecular flexibility index (Phi) is 5.28. The van der Waals surface area contributed by atoms with E-state index in [1.165, 1.54) is 0 Å². The highest BCUT2D eigenvalue weighted by Crippen LogP contribution is 2.20. The van der Waals surface area contributed by atoms with Crippen LogP contribution in [0.5, 0.6) is 0 Å². The van der Waals surface area contributed by atoms with Gasteiger partial charge in [-0.05, 0) is 56.9 Å². The van der Waals surface area contributed by atoms with Gasteiger partial charge in [-0.2, -0.15) is 0 Å². The van der Waals surface area contributed by atoms with Crippen molar-refractivity contribution < 1.29 is 9.53 Å². The second kappa shape index (κ2) is 7.61. The molecule has 2 aromatic rings. The first-order valence-corrected chi connectivity index (χ1v) is 8.61. The van der Waals surface area contributed by atoms with Gasteiger partial charge >= 0.3 is 0 Å². The molecule has 132 valence electrons. The fourth-order valence-electron chi connectivity index (χ4n) is 2.83. The van der Waals surface area contributed by atoms with E-state index < -0.39 is 0 Å². The third-order valence-corrected chi connectivity index (χ3v) is 4.24. The van der Waals surface area contributed by atoms with Crippen LogP contribution in [0.25, 0.3) is 0 Å². The summed E-state index contributed by atoms with van der Waals surface area (Å²) in [7, 11) is 0. The lowest BCUT2D eigenvalue weighted by Crippen LogP contribution is -2.32. The minimum absolute atomic E-state index is 0.111. The van der Waals surface area contributed by atoms with Crippen molar-refractivity contribution in [3.63, 3.8) is 0 Å². The topological polar surface area (TPSA) is 76.1 Å². The highest BCUT2D eigenvalue weighted by Gasteiger charge is 2.18. The molecule has 0 spiro atoms. The van der Waals surface area contributed by atoms with Gasteiger partial charge in [0.15, 0.2) is 0 Å². The van der Waals surface area contributed by atoms with Crippen LogP contribution in [-0.4, -0.2) is 35.1 Å². The quantitative estimate of drug-likeness (QED) is 0.875. The molecular formula is C19H24N4O2. The van der Waals surface area contributed by atoms with Gasteiger partial charge in [0.1, 0.15) is 5.69 Å². The average Bonchev–Trinajstić information content (AvgIpc) is 3.09. The lowest BCUT2D eigenvalue weighted by atomic mass is 10.1. The third kappa shape index (κ3) is 4.54. The lowest BCUT2D eigenvalue weighted by Gasteiger charge is -2.12. The normalized spacial score (nSPS) is 16.7. The fourth-order valence-corrected chi connectivity index (χ4v) is 2.83. The Labute approximate surface area is 148 Å². The number of hydrogen-bond acceptors (Lipinski definition) is 5. The predicted octanol–water partition coefficient (Wildman–Crippen LogP) is 3.05. The molecule has 1 unspecified atom stereocenters. The minimum atomic E-state index is -0.204. The predicted molar refractivity (Wildman–Crippen MR) is 97.3 cm³/mol. The first-order chi connectivity index (χ1) is 12.0. The van der Waals surface area contributed by atoms with Crippen LogP contribution >= 0.6 is 0 Å². The molecule has 3 rings (SSSR count). The van der Waals surface area contributed by atoms with Crippen molar-refractivity contribution in [1.82, 2.24) is 15.3 Å². The smallest absolute Gasteiger partial charge is 0.270 e. The zero-order valence-electron chi connectivity index (χ0n) is 14.9. The monoisotopic (exact) mass is 340 g/mol. The number of aromatic nitrogens is 2. The molecule has 1 saturated heterocycles. The van der Waals surface area contributed by atoms with E-state index >= 15 is 0 Å². The summed E-state index contributed by atoms with van der Waals surface area (Å²) in [6.45, 7) is 7.20. The van der Waals surface area contributed by atoms with Crippen LogP contribution < -0.4 is 10.6 Å². The van der Waals surface area contributed by atoms with Crippen molar-refractivity contribution in [1.29, 1.82) is 0 Å². The van der Waals surface area contributed by atoms with Crippen LogP contribution in [0.4, 0.5) is 11.6 Å². The molecule has 1 aromatic heterocycles. The molecule has 6 nitrogen and oxygen atoms in total. The summed E-state index contributed by atoms with van der Waals surface area (Å²) >= 11 is 0. The number of nitrogens with zero attached hydrogens (tertiary/aromatic N) is 2. The van der Waals surface area contributed by atoms with Gasteiger partial charge in [0, 0.05) is 24.5 Å². The Morgan fingerprint density at radius 3 is 2.84 bits per heavy atom. The number of nitrogens with one attached hydrogen (secondary N) is 2. The van der Waals surface area contributed by atoms with Gasteiger partial charge in [0.2, 0.25) is 5.95 Å². The number of carbonyl (C=O) groups excluding carboxylic acids is 1. The summed E-state index contributed by atoms with van der Waals surface area (Å²) in [5.41, 5.74) is 4.29. The highest BCUT2D eigenvalue weighted by atomic mass is 16.5. The number of hydrogen-bond donors (Lipinski definition) is 2. The Morgan fingerprint density at radius 1 is 1.24 bits per heavy atom. The van der Waals surface area contributed by atoms with Gasteiger partial charge in [-0.25, -0.2) is 9.97 Å². The Hall–Kier alpha value is -2.47. The van der Waals surface area contributed by atoms with Crippen LogP contribution in [0.2, 0.25) is 0 Å². The Bertz CT molecular complexity index is 770. The van der Waals surface area contributed by atoms with E-state index in [2.05, 4.69) is 26.7 Å². The zero-order chi connectivity index (χ0) is 17.8. The van der Waals surface area contributed by atoms with Crippen LogP contribution in [0.1, 0.15) is 40.2 Å². The molecule has 2 heterocycles. The molecule has 2 N–H and O–H groups in total.